The molecular formula is C19H19F3N2O3S. The molecule has 0 atom stereocenters. The van der Waals surface area contributed by atoms with Crippen molar-refractivity contribution in [3.05, 3.63) is 65.2 Å². The van der Waals surface area contributed by atoms with Crippen LogP contribution in [0.4, 0.5) is 13.2 Å². The van der Waals surface area contributed by atoms with E-state index in [0.717, 1.165) is 29.8 Å². The standard InChI is InChI=1S/C19H19F3N2O3S/c1-14-2-4-15(5-3-14)18(25)23-10-12-24(13-11-23)28(26,27)17-8-6-16(7-9-17)19(20,21)22/h2-9H,10-13H2,1H3. The summed E-state index contributed by atoms with van der Waals surface area (Å²) in [6.07, 6.45) is -4.52. The van der Waals surface area contributed by atoms with Crippen molar-refractivity contribution in [2.24, 2.45) is 0 Å². The van der Waals surface area contributed by atoms with Crippen LogP contribution >= 0.6 is 0 Å². The van der Waals surface area contributed by atoms with Crippen LogP contribution in [0.5, 0.6) is 0 Å². The van der Waals surface area contributed by atoms with E-state index in [0.29, 0.717) is 5.56 Å². The van der Waals surface area contributed by atoms with Crippen LogP contribution in [0.25, 0.3) is 0 Å². The fraction of sp³-hybridized carbons (Fsp3) is 0.316. The Balaban J connectivity index is 1.68. The number of alkyl halides is 3. The molecule has 1 heterocycles. The van der Waals surface area contributed by atoms with Crippen LogP contribution in [-0.2, 0) is 16.2 Å². The highest BCUT2D eigenvalue weighted by atomic mass is 32.2. The Hall–Kier alpha value is -2.39. The number of hydrogen-bond donors (Lipinski definition) is 0. The fourth-order valence-corrected chi connectivity index (χ4v) is 4.40. The maximum Gasteiger partial charge on any atom is 0.416 e. The Kier molecular flexibility index (Phi) is 5.49. The number of nitrogens with zero attached hydrogens (tertiary/aromatic N) is 2. The average Bonchev–Trinajstić information content (AvgIpc) is 2.67. The summed E-state index contributed by atoms with van der Waals surface area (Å²) in [6.45, 7) is 2.51. The number of piperazine rings is 1. The molecule has 1 aliphatic rings. The lowest BCUT2D eigenvalue weighted by molar-refractivity contribution is -0.137. The molecule has 0 N–H and O–H groups in total. The summed E-state index contributed by atoms with van der Waals surface area (Å²) >= 11 is 0. The third-order valence-corrected chi connectivity index (χ3v) is 6.56. The molecule has 1 fully saturated rings. The highest BCUT2D eigenvalue weighted by molar-refractivity contribution is 7.89. The number of amides is 1. The molecule has 1 aliphatic heterocycles. The van der Waals surface area contributed by atoms with Crippen LogP contribution in [0, 0.1) is 6.92 Å². The number of aryl methyl sites for hydroxylation is 1. The Bertz CT molecular complexity index is 947. The first kappa shape index (κ1) is 20.3. The van der Waals surface area contributed by atoms with Crippen molar-refractivity contribution in [2.45, 2.75) is 18.0 Å². The summed E-state index contributed by atoms with van der Waals surface area (Å²) in [4.78, 5) is 13.9. The fourth-order valence-electron chi connectivity index (χ4n) is 2.98. The van der Waals surface area contributed by atoms with E-state index in [1.165, 1.54) is 4.31 Å². The molecule has 1 amide bonds. The van der Waals surface area contributed by atoms with Gasteiger partial charge in [-0.05, 0) is 43.3 Å². The molecule has 3 rings (SSSR count). The zero-order valence-electron chi connectivity index (χ0n) is 15.1. The molecule has 9 heteroatoms. The number of halogens is 3. The third-order valence-electron chi connectivity index (χ3n) is 4.64. The van der Waals surface area contributed by atoms with Crippen molar-refractivity contribution in [1.29, 1.82) is 0 Å². The molecule has 0 aromatic heterocycles. The van der Waals surface area contributed by atoms with Gasteiger partial charge in [0.25, 0.3) is 5.91 Å². The Morgan fingerprint density at radius 2 is 1.43 bits per heavy atom. The molecule has 0 saturated carbocycles. The van der Waals surface area contributed by atoms with Crippen molar-refractivity contribution >= 4 is 15.9 Å². The summed E-state index contributed by atoms with van der Waals surface area (Å²) in [7, 11) is -3.92. The van der Waals surface area contributed by atoms with Gasteiger partial charge in [0.05, 0.1) is 10.5 Å². The highest BCUT2D eigenvalue weighted by Gasteiger charge is 2.33. The van der Waals surface area contributed by atoms with Gasteiger partial charge in [0.1, 0.15) is 0 Å². The molecule has 0 bridgehead atoms. The lowest BCUT2D eigenvalue weighted by Crippen LogP contribution is -2.50. The molecule has 0 radical (unpaired) electrons. The zero-order valence-corrected chi connectivity index (χ0v) is 15.9. The molecule has 150 valence electrons. The van der Waals surface area contributed by atoms with Crippen LogP contribution in [0.3, 0.4) is 0 Å². The van der Waals surface area contributed by atoms with Crippen LogP contribution < -0.4 is 0 Å². The van der Waals surface area contributed by atoms with Gasteiger partial charge in [0.2, 0.25) is 10.0 Å². The predicted octanol–water partition coefficient (Wildman–Crippen LogP) is 3.16. The van der Waals surface area contributed by atoms with Gasteiger partial charge in [-0.15, -0.1) is 0 Å². The monoisotopic (exact) mass is 412 g/mol. The quantitative estimate of drug-likeness (QED) is 0.778. The minimum absolute atomic E-state index is 0.0843. The van der Waals surface area contributed by atoms with Crippen molar-refractivity contribution in [3.63, 3.8) is 0 Å². The molecule has 0 aliphatic carbocycles. The summed E-state index contributed by atoms with van der Waals surface area (Å²) in [5.74, 6) is -0.174. The van der Waals surface area contributed by atoms with E-state index in [1.807, 2.05) is 19.1 Å². The van der Waals surface area contributed by atoms with E-state index in [4.69, 9.17) is 0 Å². The van der Waals surface area contributed by atoms with Crippen LogP contribution in [0.15, 0.2) is 53.4 Å². The van der Waals surface area contributed by atoms with E-state index >= 15 is 0 Å². The second-order valence-corrected chi connectivity index (χ2v) is 8.52. The second kappa shape index (κ2) is 7.56. The zero-order chi connectivity index (χ0) is 20.5. The number of carbonyl (C=O) groups excluding carboxylic acids is 1. The van der Waals surface area contributed by atoms with Crippen LogP contribution in [0.2, 0.25) is 0 Å². The first-order valence-corrected chi connectivity index (χ1v) is 10.1. The number of sulfonamides is 1. The first-order chi connectivity index (χ1) is 13.1. The molecular weight excluding hydrogens is 393 g/mol. The van der Waals surface area contributed by atoms with Crippen LogP contribution in [0.1, 0.15) is 21.5 Å². The van der Waals surface area contributed by atoms with Crippen molar-refractivity contribution in [2.75, 3.05) is 26.2 Å². The molecule has 1 saturated heterocycles. The highest BCUT2D eigenvalue weighted by Crippen LogP contribution is 2.30. The number of rotatable bonds is 3. The Morgan fingerprint density at radius 1 is 0.893 bits per heavy atom. The largest absolute Gasteiger partial charge is 0.416 e. The van der Waals surface area contributed by atoms with Gasteiger partial charge in [-0.2, -0.15) is 17.5 Å². The van der Waals surface area contributed by atoms with Crippen molar-refractivity contribution < 1.29 is 26.4 Å². The normalized spacial score (nSPS) is 16.2. The van der Waals surface area contributed by atoms with Gasteiger partial charge in [0, 0.05) is 31.7 Å². The SMILES string of the molecule is Cc1ccc(C(=O)N2CCN(S(=O)(=O)c3ccc(C(F)(F)F)cc3)CC2)cc1. The van der Waals surface area contributed by atoms with E-state index in [-0.39, 0.29) is 37.0 Å². The third kappa shape index (κ3) is 4.20. The van der Waals surface area contributed by atoms with E-state index in [9.17, 15) is 26.4 Å². The van der Waals surface area contributed by atoms with E-state index in [1.54, 1.807) is 17.0 Å². The van der Waals surface area contributed by atoms with Gasteiger partial charge in [-0.3, -0.25) is 4.79 Å². The van der Waals surface area contributed by atoms with E-state index in [2.05, 4.69) is 0 Å². The van der Waals surface area contributed by atoms with E-state index < -0.39 is 21.8 Å². The summed E-state index contributed by atoms with van der Waals surface area (Å²) < 4.78 is 64.5. The van der Waals surface area contributed by atoms with Crippen molar-refractivity contribution in [3.8, 4) is 0 Å². The molecule has 0 unspecified atom stereocenters. The van der Waals surface area contributed by atoms with Crippen LogP contribution in [-0.4, -0.2) is 49.7 Å². The van der Waals surface area contributed by atoms with Crippen molar-refractivity contribution in [1.82, 2.24) is 9.21 Å². The van der Waals surface area contributed by atoms with Gasteiger partial charge in [-0.1, -0.05) is 17.7 Å². The number of hydrogen-bond acceptors (Lipinski definition) is 3. The summed E-state index contributed by atoms with van der Waals surface area (Å²) in [6, 6.07) is 10.5. The maximum absolute atomic E-state index is 12.7. The minimum atomic E-state index is -4.52. The lowest BCUT2D eigenvalue weighted by atomic mass is 10.1. The summed E-state index contributed by atoms with van der Waals surface area (Å²) in [5, 5.41) is 0. The average molecular weight is 412 g/mol. The lowest BCUT2D eigenvalue weighted by Gasteiger charge is -2.34. The van der Waals surface area contributed by atoms with Gasteiger partial charge in [-0.25, -0.2) is 8.42 Å². The molecule has 2 aromatic rings. The smallest absolute Gasteiger partial charge is 0.336 e. The Morgan fingerprint density at radius 3 is 1.93 bits per heavy atom. The predicted molar refractivity (Wildman–Crippen MR) is 97.3 cm³/mol. The van der Waals surface area contributed by atoms with Gasteiger partial charge >= 0.3 is 6.18 Å². The molecule has 2 aromatic carbocycles. The molecule has 5 nitrogen and oxygen atoms in total. The van der Waals surface area contributed by atoms with Gasteiger partial charge < -0.3 is 4.90 Å². The first-order valence-electron chi connectivity index (χ1n) is 8.62. The maximum atomic E-state index is 12.7. The molecule has 28 heavy (non-hydrogen) atoms. The molecule has 0 spiro atoms. The van der Waals surface area contributed by atoms with Gasteiger partial charge in [0.15, 0.2) is 0 Å². The number of carbonyl (C=O) groups is 1. The Labute approximate surface area is 161 Å². The second-order valence-electron chi connectivity index (χ2n) is 6.58. The number of benzene rings is 2. The summed E-state index contributed by atoms with van der Waals surface area (Å²) in [5.41, 5.74) is 0.661. The minimum Gasteiger partial charge on any atom is -0.336 e. The topological polar surface area (TPSA) is 57.7 Å².